The summed E-state index contributed by atoms with van der Waals surface area (Å²) in [7, 11) is 0. The van der Waals surface area contributed by atoms with Crippen molar-refractivity contribution in [2.75, 3.05) is 0 Å². The fraction of sp³-hybridized carbons (Fsp3) is 0.353. The maximum absolute atomic E-state index is 12.5. The van der Waals surface area contributed by atoms with Crippen molar-refractivity contribution in [2.45, 2.75) is 32.1 Å². The van der Waals surface area contributed by atoms with Gasteiger partial charge in [0.1, 0.15) is 6.04 Å². The molecule has 1 saturated heterocycles. The molecule has 0 saturated carbocycles. The lowest BCUT2D eigenvalue weighted by atomic mass is 9.95. The maximum atomic E-state index is 12.5. The predicted molar refractivity (Wildman–Crippen MR) is 103 cm³/mol. The van der Waals surface area contributed by atoms with Crippen LogP contribution in [0.15, 0.2) is 40.4 Å². The van der Waals surface area contributed by atoms with Gasteiger partial charge in [0.15, 0.2) is 0 Å². The largest absolute Gasteiger partial charge is 0.340 e. The minimum atomic E-state index is -0.641. The first-order valence-corrected chi connectivity index (χ1v) is 9.84. The van der Waals surface area contributed by atoms with Gasteiger partial charge in [-0.1, -0.05) is 6.92 Å². The molecule has 4 unspecified atom stereocenters. The summed E-state index contributed by atoms with van der Waals surface area (Å²) in [5.41, 5.74) is 7.41. The molecule has 0 radical (unpaired) electrons. The first-order valence-electron chi connectivity index (χ1n) is 8.23. The molecule has 0 aromatic carbocycles. The number of hydrogen-bond donors (Lipinski definition) is 4. The number of thiophene rings is 1. The van der Waals surface area contributed by atoms with Gasteiger partial charge in [-0.15, -0.1) is 11.3 Å². The van der Waals surface area contributed by atoms with E-state index in [4.69, 9.17) is 0 Å². The molecule has 4 N–H and O–H groups in total. The van der Waals surface area contributed by atoms with Crippen LogP contribution >= 0.6 is 27.3 Å². The highest BCUT2D eigenvalue weighted by atomic mass is 79.9. The highest BCUT2D eigenvalue weighted by molar-refractivity contribution is 9.11. The summed E-state index contributed by atoms with van der Waals surface area (Å²) >= 11 is 4.65. The standard InChI is InChI=1S/C17H20BrN5O2S/c1-9-14(11-5-7-19-8-6-11)22-23-15(9)21-16(24)10(2)20-17(25)12-3-4-13(18)26-12/h3-10,14-15,22-23H,1-2H3,(H,20,25)(H,21,24). The van der Waals surface area contributed by atoms with E-state index in [9.17, 15) is 9.59 Å². The first kappa shape index (κ1) is 19.0. The van der Waals surface area contributed by atoms with Crippen LogP contribution in [0.5, 0.6) is 0 Å². The van der Waals surface area contributed by atoms with Crippen molar-refractivity contribution >= 4 is 39.1 Å². The first-order chi connectivity index (χ1) is 12.5. The van der Waals surface area contributed by atoms with Crippen molar-refractivity contribution in [3.63, 3.8) is 0 Å². The van der Waals surface area contributed by atoms with Gasteiger partial charge in [0, 0.05) is 18.3 Å². The third kappa shape index (κ3) is 4.29. The van der Waals surface area contributed by atoms with Gasteiger partial charge in [-0.05, 0) is 52.7 Å². The van der Waals surface area contributed by atoms with Crippen LogP contribution in [0.2, 0.25) is 0 Å². The Morgan fingerprint density at radius 2 is 1.96 bits per heavy atom. The van der Waals surface area contributed by atoms with Gasteiger partial charge >= 0.3 is 0 Å². The number of halogens is 1. The Bertz CT molecular complexity index is 784. The summed E-state index contributed by atoms with van der Waals surface area (Å²) in [4.78, 5) is 29.2. The lowest BCUT2D eigenvalue weighted by molar-refractivity contribution is -0.123. The van der Waals surface area contributed by atoms with E-state index in [1.807, 2.05) is 12.1 Å². The van der Waals surface area contributed by atoms with E-state index in [0.717, 1.165) is 9.35 Å². The molecule has 9 heteroatoms. The van der Waals surface area contributed by atoms with E-state index in [0.29, 0.717) is 4.88 Å². The molecular weight excluding hydrogens is 418 g/mol. The number of nitrogens with one attached hydrogen (secondary N) is 4. The van der Waals surface area contributed by atoms with Gasteiger partial charge in [-0.2, -0.15) is 0 Å². The Kier molecular flexibility index (Phi) is 6.02. The smallest absolute Gasteiger partial charge is 0.262 e. The van der Waals surface area contributed by atoms with Crippen LogP contribution in [-0.4, -0.2) is 29.0 Å². The molecule has 138 valence electrons. The fourth-order valence-electron chi connectivity index (χ4n) is 2.81. The van der Waals surface area contributed by atoms with Crippen molar-refractivity contribution in [3.05, 3.63) is 50.9 Å². The summed E-state index contributed by atoms with van der Waals surface area (Å²) in [6, 6.07) is 6.84. The average Bonchev–Trinajstić information content (AvgIpc) is 3.22. The third-order valence-corrected chi connectivity index (χ3v) is 5.97. The molecule has 2 amide bonds. The number of amides is 2. The number of hydrazine groups is 1. The number of nitrogens with zero attached hydrogens (tertiary/aromatic N) is 1. The third-order valence-electron chi connectivity index (χ3n) is 4.35. The lowest BCUT2D eigenvalue weighted by Gasteiger charge is -2.22. The van der Waals surface area contributed by atoms with Crippen LogP contribution in [0, 0.1) is 5.92 Å². The number of hydrogen-bond acceptors (Lipinski definition) is 6. The zero-order chi connectivity index (χ0) is 18.7. The molecule has 1 aliphatic heterocycles. The summed E-state index contributed by atoms with van der Waals surface area (Å²) < 4.78 is 0.872. The zero-order valence-electron chi connectivity index (χ0n) is 14.3. The lowest BCUT2D eigenvalue weighted by Crippen LogP contribution is -2.53. The second-order valence-corrected chi connectivity index (χ2v) is 8.65. The summed E-state index contributed by atoms with van der Waals surface area (Å²) in [5.74, 6) is -0.378. The maximum Gasteiger partial charge on any atom is 0.262 e. The number of rotatable bonds is 5. The molecule has 0 spiro atoms. The van der Waals surface area contributed by atoms with Crippen LogP contribution in [0.25, 0.3) is 0 Å². The Balaban J connectivity index is 1.55. The molecule has 3 rings (SSSR count). The second kappa shape index (κ2) is 8.26. The summed E-state index contributed by atoms with van der Waals surface area (Å²) in [5, 5.41) is 5.66. The van der Waals surface area contributed by atoms with Gasteiger partial charge in [-0.3, -0.25) is 14.6 Å². The van der Waals surface area contributed by atoms with Crippen LogP contribution in [-0.2, 0) is 4.79 Å². The fourth-order valence-corrected chi connectivity index (χ4v) is 4.10. The molecule has 0 bridgehead atoms. The molecule has 3 heterocycles. The zero-order valence-corrected chi connectivity index (χ0v) is 16.7. The molecule has 2 aromatic rings. The Hall–Kier alpha value is -1.81. The van der Waals surface area contributed by atoms with Gasteiger partial charge in [0.25, 0.3) is 5.91 Å². The Labute approximate surface area is 164 Å². The van der Waals surface area contributed by atoms with Crippen molar-refractivity contribution in [3.8, 4) is 0 Å². The molecule has 26 heavy (non-hydrogen) atoms. The van der Waals surface area contributed by atoms with E-state index < -0.39 is 6.04 Å². The monoisotopic (exact) mass is 437 g/mol. The quantitative estimate of drug-likeness (QED) is 0.573. The van der Waals surface area contributed by atoms with Gasteiger partial charge in [-0.25, -0.2) is 10.9 Å². The number of aromatic nitrogens is 1. The average molecular weight is 438 g/mol. The SMILES string of the molecule is CC(NC(=O)c1ccc(Br)s1)C(=O)NC1NNC(c2ccncc2)C1C. The van der Waals surface area contributed by atoms with Crippen molar-refractivity contribution in [1.82, 2.24) is 26.5 Å². The highest BCUT2D eigenvalue weighted by Gasteiger charge is 2.35. The number of pyridine rings is 1. The van der Waals surface area contributed by atoms with Crippen LogP contribution in [0.4, 0.5) is 0 Å². The minimum Gasteiger partial charge on any atom is -0.340 e. The van der Waals surface area contributed by atoms with Crippen LogP contribution in [0.3, 0.4) is 0 Å². The van der Waals surface area contributed by atoms with E-state index >= 15 is 0 Å². The highest BCUT2D eigenvalue weighted by Crippen LogP contribution is 2.26. The van der Waals surface area contributed by atoms with Crippen LogP contribution < -0.4 is 21.5 Å². The van der Waals surface area contributed by atoms with E-state index in [1.165, 1.54) is 11.3 Å². The Morgan fingerprint density at radius 3 is 2.62 bits per heavy atom. The second-order valence-electron chi connectivity index (χ2n) is 6.19. The summed E-state index contributed by atoms with van der Waals surface area (Å²) in [6.45, 7) is 3.72. The van der Waals surface area contributed by atoms with E-state index in [1.54, 1.807) is 31.5 Å². The molecule has 0 aliphatic carbocycles. The topological polar surface area (TPSA) is 95.2 Å². The van der Waals surface area contributed by atoms with E-state index in [-0.39, 0.29) is 29.9 Å². The van der Waals surface area contributed by atoms with E-state index in [2.05, 4.69) is 49.3 Å². The Morgan fingerprint density at radius 1 is 1.23 bits per heavy atom. The minimum absolute atomic E-state index is 0.0664. The van der Waals surface area contributed by atoms with Gasteiger partial charge < -0.3 is 10.6 Å². The van der Waals surface area contributed by atoms with Gasteiger partial charge in [0.2, 0.25) is 5.91 Å². The van der Waals surface area contributed by atoms with Crippen molar-refractivity contribution in [2.24, 2.45) is 5.92 Å². The summed E-state index contributed by atoms with van der Waals surface area (Å²) in [6.07, 6.45) is 3.25. The molecular formula is C17H20BrN5O2S. The molecule has 1 aliphatic rings. The normalized spacial score (nSPS) is 23.4. The number of carbonyl (C=O) groups is 2. The molecule has 7 nitrogen and oxygen atoms in total. The van der Waals surface area contributed by atoms with Gasteiger partial charge in [0.05, 0.1) is 20.9 Å². The van der Waals surface area contributed by atoms with Crippen LogP contribution in [0.1, 0.15) is 35.1 Å². The number of carbonyl (C=O) groups excluding carboxylic acids is 2. The predicted octanol–water partition coefficient (Wildman–Crippen LogP) is 1.95. The molecule has 4 atom stereocenters. The van der Waals surface area contributed by atoms with Crippen molar-refractivity contribution < 1.29 is 9.59 Å². The molecule has 2 aromatic heterocycles. The van der Waals surface area contributed by atoms with Crippen molar-refractivity contribution in [1.29, 1.82) is 0 Å². The molecule has 1 fully saturated rings.